The Hall–Kier alpha value is -2.87. The summed E-state index contributed by atoms with van der Waals surface area (Å²) in [6, 6.07) is 13.1. The molecule has 3 rings (SSSR count). The molecular weight excluding hydrogens is 378 g/mol. The number of aryl methyl sites for hydroxylation is 1. The van der Waals surface area contributed by atoms with Crippen LogP contribution in [0.1, 0.15) is 24.8 Å². The highest BCUT2D eigenvalue weighted by atomic mass is 32.2. The van der Waals surface area contributed by atoms with Gasteiger partial charge in [-0.1, -0.05) is 24.3 Å². The van der Waals surface area contributed by atoms with Crippen molar-refractivity contribution in [2.75, 3.05) is 23.1 Å². The molecule has 2 N–H and O–H groups in total. The van der Waals surface area contributed by atoms with E-state index in [4.69, 9.17) is 0 Å². The molecule has 1 heterocycles. The first-order chi connectivity index (χ1) is 13.3. The second-order valence-electron chi connectivity index (χ2n) is 6.73. The molecule has 1 fully saturated rings. The number of hydrogen-bond acceptors (Lipinski definition) is 4. The van der Waals surface area contributed by atoms with Crippen LogP contribution in [0.15, 0.2) is 53.4 Å². The average molecular weight is 401 g/mol. The summed E-state index contributed by atoms with van der Waals surface area (Å²) >= 11 is 0. The zero-order valence-electron chi connectivity index (χ0n) is 15.6. The molecule has 1 aliphatic rings. The lowest BCUT2D eigenvalue weighted by atomic mass is 10.2. The Labute approximate surface area is 164 Å². The van der Waals surface area contributed by atoms with Crippen LogP contribution in [0.4, 0.5) is 11.4 Å². The van der Waals surface area contributed by atoms with E-state index in [0.29, 0.717) is 30.9 Å². The molecule has 7 nitrogen and oxygen atoms in total. The van der Waals surface area contributed by atoms with Crippen LogP contribution < -0.4 is 10.0 Å². The number of rotatable bonds is 7. The van der Waals surface area contributed by atoms with Crippen molar-refractivity contribution in [1.29, 1.82) is 0 Å². The van der Waals surface area contributed by atoms with E-state index >= 15 is 0 Å². The predicted molar refractivity (Wildman–Crippen MR) is 107 cm³/mol. The molecule has 28 heavy (non-hydrogen) atoms. The van der Waals surface area contributed by atoms with Gasteiger partial charge in [-0.05, 0) is 43.2 Å². The first kappa shape index (κ1) is 19.9. The van der Waals surface area contributed by atoms with Crippen molar-refractivity contribution in [2.45, 2.75) is 31.1 Å². The van der Waals surface area contributed by atoms with Crippen molar-refractivity contribution >= 4 is 33.2 Å². The fourth-order valence-corrected chi connectivity index (χ4v) is 4.16. The zero-order valence-corrected chi connectivity index (χ0v) is 16.5. The topological polar surface area (TPSA) is 95.6 Å². The van der Waals surface area contributed by atoms with E-state index in [1.54, 1.807) is 48.2 Å². The largest absolute Gasteiger partial charge is 0.342 e. The molecule has 2 amide bonds. The van der Waals surface area contributed by atoms with Crippen molar-refractivity contribution in [2.24, 2.45) is 0 Å². The minimum atomic E-state index is -3.72. The molecule has 0 atom stereocenters. The van der Waals surface area contributed by atoms with Gasteiger partial charge in [-0.3, -0.25) is 14.3 Å². The van der Waals surface area contributed by atoms with E-state index in [9.17, 15) is 18.0 Å². The van der Waals surface area contributed by atoms with Gasteiger partial charge >= 0.3 is 0 Å². The van der Waals surface area contributed by atoms with E-state index in [1.165, 1.54) is 12.1 Å². The average Bonchev–Trinajstić information content (AvgIpc) is 3.08. The quantitative estimate of drug-likeness (QED) is 0.746. The normalized spacial score (nSPS) is 14.2. The number of anilines is 2. The van der Waals surface area contributed by atoms with Gasteiger partial charge in [0.25, 0.3) is 10.0 Å². The maximum atomic E-state index is 12.5. The molecule has 0 unspecified atom stereocenters. The van der Waals surface area contributed by atoms with Gasteiger partial charge < -0.3 is 10.2 Å². The number of amides is 2. The summed E-state index contributed by atoms with van der Waals surface area (Å²) in [5, 5.41) is 2.76. The summed E-state index contributed by atoms with van der Waals surface area (Å²) in [5.41, 5.74) is 1.63. The van der Waals surface area contributed by atoms with Crippen LogP contribution in [-0.2, 0) is 19.6 Å². The number of hydrogen-bond donors (Lipinski definition) is 2. The highest BCUT2D eigenvalue weighted by molar-refractivity contribution is 7.92. The molecule has 148 valence electrons. The predicted octanol–water partition coefficient (Wildman–Crippen LogP) is 2.75. The smallest absolute Gasteiger partial charge is 0.261 e. The summed E-state index contributed by atoms with van der Waals surface area (Å²) in [4.78, 5) is 25.7. The SMILES string of the molecule is Cc1ccc(NC(=O)CCN2CCCC2=O)cc1NS(=O)(=O)c1ccccc1. The van der Waals surface area contributed by atoms with Gasteiger partial charge in [-0.2, -0.15) is 0 Å². The number of sulfonamides is 1. The minimum Gasteiger partial charge on any atom is -0.342 e. The Kier molecular flexibility index (Phi) is 5.99. The Balaban J connectivity index is 1.66. The van der Waals surface area contributed by atoms with Crippen LogP contribution in [0.2, 0.25) is 0 Å². The molecule has 1 aliphatic heterocycles. The minimum absolute atomic E-state index is 0.0840. The van der Waals surface area contributed by atoms with Gasteiger partial charge in [0, 0.05) is 31.6 Å². The Morgan fingerprint density at radius 3 is 2.57 bits per heavy atom. The first-order valence-electron chi connectivity index (χ1n) is 9.11. The van der Waals surface area contributed by atoms with Gasteiger partial charge in [0.15, 0.2) is 0 Å². The van der Waals surface area contributed by atoms with Crippen molar-refractivity contribution in [1.82, 2.24) is 4.90 Å². The number of carbonyl (C=O) groups is 2. The number of nitrogens with one attached hydrogen (secondary N) is 2. The van der Waals surface area contributed by atoms with Gasteiger partial charge in [0.05, 0.1) is 10.6 Å². The van der Waals surface area contributed by atoms with Crippen LogP contribution in [0.3, 0.4) is 0 Å². The maximum absolute atomic E-state index is 12.5. The Bertz CT molecular complexity index is 974. The molecule has 0 saturated carbocycles. The third-order valence-electron chi connectivity index (χ3n) is 4.60. The number of carbonyl (C=O) groups excluding carboxylic acids is 2. The van der Waals surface area contributed by atoms with Crippen molar-refractivity contribution in [3.05, 3.63) is 54.1 Å². The second kappa shape index (κ2) is 8.43. The lowest BCUT2D eigenvalue weighted by Gasteiger charge is -2.16. The standard InChI is InChI=1S/C20H23N3O4S/c1-15-9-10-16(21-19(24)11-13-23-12-5-8-20(23)25)14-18(15)22-28(26,27)17-6-3-2-4-7-17/h2-4,6-7,9-10,14,22H,5,8,11-13H2,1H3,(H,21,24). The number of likely N-dealkylation sites (tertiary alicyclic amines) is 1. The van der Waals surface area contributed by atoms with Crippen LogP contribution in [0, 0.1) is 6.92 Å². The molecule has 2 aromatic rings. The van der Waals surface area contributed by atoms with Crippen molar-refractivity contribution in [3.8, 4) is 0 Å². The first-order valence-corrected chi connectivity index (χ1v) is 10.6. The van der Waals surface area contributed by atoms with Crippen LogP contribution in [0.5, 0.6) is 0 Å². The van der Waals surface area contributed by atoms with E-state index in [2.05, 4.69) is 10.0 Å². The third kappa shape index (κ3) is 4.89. The summed E-state index contributed by atoms with van der Waals surface area (Å²) in [6.45, 7) is 2.87. The second-order valence-corrected chi connectivity index (χ2v) is 8.41. The molecule has 0 radical (unpaired) electrons. The molecule has 1 saturated heterocycles. The van der Waals surface area contributed by atoms with Crippen LogP contribution in [-0.4, -0.2) is 38.2 Å². The molecular formula is C20H23N3O4S. The molecule has 0 spiro atoms. The Morgan fingerprint density at radius 1 is 1.14 bits per heavy atom. The lowest BCUT2D eigenvalue weighted by Crippen LogP contribution is -2.28. The fraction of sp³-hybridized carbons (Fsp3) is 0.300. The van der Waals surface area contributed by atoms with Gasteiger partial charge in [0.1, 0.15) is 0 Å². The summed E-state index contributed by atoms with van der Waals surface area (Å²) < 4.78 is 27.6. The summed E-state index contributed by atoms with van der Waals surface area (Å²) in [7, 11) is -3.72. The number of benzene rings is 2. The molecule has 8 heteroatoms. The Morgan fingerprint density at radius 2 is 1.89 bits per heavy atom. The monoisotopic (exact) mass is 401 g/mol. The fourth-order valence-electron chi connectivity index (χ4n) is 3.01. The van der Waals surface area contributed by atoms with E-state index in [1.807, 2.05) is 0 Å². The highest BCUT2D eigenvalue weighted by Gasteiger charge is 2.20. The molecule has 0 bridgehead atoms. The zero-order chi connectivity index (χ0) is 20.1. The van der Waals surface area contributed by atoms with E-state index < -0.39 is 10.0 Å². The lowest BCUT2D eigenvalue weighted by molar-refractivity contribution is -0.128. The van der Waals surface area contributed by atoms with E-state index in [0.717, 1.165) is 12.0 Å². The highest BCUT2D eigenvalue weighted by Crippen LogP contribution is 2.23. The molecule has 0 aliphatic carbocycles. The molecule has 0 aromatic heterocycles. The molecule has 2 aromatic carbocycles. The van der Waals surface area contributed by atoms with Gasteiger partial charge in [0.2, 0.25) is 11.8 Å². The maximum Gasteiger partial charge on any atom is 0.261 e. The number of nitrogens with zero attached hydrogens (tertiary/aromatic N) is 1. The van der Waals surface area contributed by atoms with Gasteiger partial charge in [-0.15, -0.1) is 0 Å². The van der Waals surface area contributed by atoms with Gasteiger partial charge in [-0.25, -0.2) is 8.42 Å². The van der Waals surface area contributed by atoms with Crippen molar-refractivity contribution in [3.63, 3.8) is 0 Å². The third-order valence-corrected chi connectivity index (χ3v) is 5.98. The van der Waals surface area contributed by atoms with Crippen LogP contribution in [0.25, 0.3) is 0 Å². The van der Waals surface area contributed by atoms with Crippen molar-refractivity contribution < 1.29 is 18.0 Å². The summed E-state index contributed by atoms with van der Waals surface area (Å²) in [5.74, 6) is -0.138. The van der Waals surface area contributed by atoms with Crippen LogP contribution >= 0.6 is 0 Å². The summed E-state index contributed by atoms with van der Waals surface area (Å²) in [6.07, 6.45) is 1.58. The van der Waals surface area contributed by atoms with E-state index in [-0.39, 0.29) is 23.1 Å².